The summed E-state index contributed by atoms with van der Waals surface area (Å²) in [4.78, 5) is 1.88. The average Bonchev–Trinajstić information content (AvgIpc) is 2.51. The summed E-state index contributed by atoms with van der Waals surface area (Å²) in [5.74, 6) is 0.390. The first kappa shape index (κ1) is 12.1. The minimum absolute atomic E-state index is 0.229. The van der Waals surface area contributed by atoms with E-state index in [1.165, 1.54) is 6.07 Å². The van der Waals surface area contributed by atoms with Crippen LogP contribution < -0.4 is 0 Å². The van der Waals surface area contributed by atoms with Gasteiger partial charge < -0.3 is 10.0 Å². The van der Waals surface area contributed by atoms with E-state index in [4.69, 9.17) is 0 Å². The standard InChI is InChI=1S/C11H14N2O3S/c1-8(14)7-13(2)11-9-5-3-4-6-10(9)17(15,16)12-11/h3-6,8,14H,7H2,1-2H3. The van der Waals surface area contributed by atoms with Crippen molar-refractivity contribution in [1.29, 1.82) is 0 Å². The molecular weight excluding hydrogens is 240 g/mol. The highest BCUT2D eigenvalue weighted by molar-refractivity contribution is 7.90. The molecule has 0 aromatic heterocycles. The van der Waals surface area contributed by atoms with Crippen LogP contribution in [-0.2, 0) is 10.0 Å². The summed E-state index contributed by atoms with van der Waals surface area (Å²) < 4.78 is 27.3. The fourth-order valence-electron chi connectivity index (χ4n) is 1.85. The van der Waals surface area contributed by atoms with Crippen molar-refractivity contribution >= 4 is 15.9 Å². The Kier molecular flexibility index (Phi) is 2.92. The van der Waals surface area contributed by atoms with Crippen LogP contribution in [0, 0.1) is 0 Å². The first-order chi connectivity index (χ1) is 7.92. The highest BCUT2D eigenvalue weighted by atomic mass is 32.2. The van der Waals surface area contributed by atoms with E-state index >= 15 is 0 Å². The molecule has 0 aliphatic carbocycles. The van der Waals surface area contributed by atoms with Crippen molar-refractivity contribution in [3.63, 3.8) is 0 Å². The van der Waals surface area contributed by atoms with E-state index in [-0.39, 0.29) is 4.90 Å². The van der Waals surface area contributed by atoms with Crippen molar-refractivity contribution in [3.05, 3.63) is 29.8 Å². The van der Waals surface area contributed by atoms with Crippen molar-refractivity contribution in [2.45, 2.75) is 17.9 Å². The molecule has 1 aromatic rings. The lowest BCUT2D eigenvalue weighted by molar-refractivity contribution is 0.168. The predicted octanol–water partition coefficient (Wildman–Crippen LogP) is 0.448. The number of nitrogens with zero attached hydrogens (tertiary/aromatic N) is 2. The van der Waals surface area contributed by atoms with E-state index in [0.29, 0.717) is 17.9 Å². The molecule has 6 heteroatoms. The third-order valence-corrected chi connectivity index (χ3v) is 3.84. The summed E-state index contributed by atoms with van der Waals surface area (Å²) in [5.41, 5.74) is 0.593. The van der Waals surface area contributed by atoms with Gasteiger partial charge in [0.05, 0.1) is 6.10 Å². The second-order valence-electron chi connectivity index (χ2n) is 4.12. The maximum atomic E-state index is 11.8. The molecule has 17 heavy (non-hydrogen) atoms. The molecule has 92 valence electrons. The quantitative estimate of drug-likeness (QED) is 0.832. The van der Waals surface area contributed by atoms with E-state index in [1.54, 1.807) is 37.1 Å². The van der Waals surface area contributed by atoms with E-state index in [9.17, 15) is 13.5 Å². The molecule has 5 nitrogen and oxygen atoms in total. The number of benzene rings is 1. The molecule has 1 heterocycles. The van der Waals surface area contributed by atoms with Gasteiger partial charge in [0.25, 0.3) is 10.0 Å². The van der Waals surface area contributed by atoms with Crippen LogP contribution in [0.5, 0.6) is 0 Å². The normalized spacial score (nSPS) is 18.4. The first-order valence-electron chi connectivity index (χ1n) is 5.25. The molecule has 0 radical (unpaired) electrons. The number of hydrogen-bond donors (Lipinski definition) is 1. The van der Waals surface area contributed by atoms with E-state index in [2.05, 4.69) is 4.40 Å². The Morgan fingerprint density at radius 3 is 2.71 bits per heavy atom. The van der Waals surface area contributed by atoms with E-state index in [1.807, 2.05) is 0 Å². The zero-order valence-corrected chi connectivity index (χ0v) is 10.5. The van der Waals surface area contributed by atoms with Gasteiger partial charge in [-0.2, -0.15) is 8.42 Å². The van der Waals surface area contributed by atoms with Crippen molar-refractivity contribution in [2.75, 3.05) is 13.6 Å². The Balaban J connectivity index is 2.45. The van der Waals surface area contributed by atoms with Crippen LogP contribution in [0.25, 0.3) is 0 Å². The second kappa shape index (κ2) is 4.12. The number of rotatable bonds is 2. The third-order valence-electron chi connectivity index (χ3n) is 2.51. The van der Waals surface area contributed by atoms with Crippen molar-refractivity contribution in [3.8, 4) is 0 Å². The number of aliphatic hydroxyl groups is 1. The van der Waals surface area contributed by atoms with Crippen LogP contribution in [-0.4, -0.2) is 44.0 Å². The van der Waals surface area contributed by atoms with Gasteiger partial charge in [0, 0.05) is 19.2 Å². The van der Waals surface area contributed by atoms with Gasteiger partial charge in [-0.1, -0.05) is 12.1 Å². The molecular formula is C11H14N2O3S. The van der Waals surface area contributed by atoms with Gasteiger partial charge in [-0.25, -0.2) is 0 Å². The van der Waals surface area contributed by atoms with Crippen molar-refractivity contribution in [1.82, 2.24) is 4.90 Å². The van der Waals surface area contributed by atoms with Gasteiger partial charge in [-0.3, -0.25) is 0 Å². The van der Waals surface area contributed by atoms with Crippen LogP contribution in [0.1, 0.15) is 12.5 Å². The molecule has 0 saturated carbocycles. The molecule has 2 rings (SSSR count). The highest BCUT2D eigenvalue weighted by Crippen LogP contribution is 2.26. The fraction of sp³-hybridized carbons (Fsp3) is 0.364. The molecule has 1 N–H and O–H groups in total. The van der Waals surface area contributed by atoms with Crippen LogP contribution in [0.15, 0.2) is 33.6 Å². The summed E-state index contributed by atoms with van der Waals surface area (Å²) in [7, 11) is -1.86. The Morgan fingerprint density at radius 1 is 1.41 bits per heavy atom. The number of aliphatic hydroxyl groups excluding tert-OH is 1. The smallest absolute Gasteiger partial charge is 0.285 e. The first-order valence-corrected chi connectivity index (χ1v) is 6.69. The van der Waals surface area contributed by atoms with Gasteiger partial charge in [0.1, 0.15) is 4.90 Å². The summed E-state index contributed by atoms with van der Waals surface area (Å²) >= 11 is 0. The highest BCUT2D eigenvalue weighted by Gasteiger charge is 2.30. The SMILES string of the molecule is CC(O)CN(C)C1=NS(=O)(=O)c2ccccc21. The summed E-state index contributed by atoms with van der Waals surface area (Å²) in [6, 6.07) is 6.70. The van der Waals surface area contributed by atoms with Gasteiger partial charge in [0.15, 0.2) is 5.84 Å². The minimum Gasteiger partial charge on any atom is -0.392 e. The van der Waals surface area contributed by atoms with Gasteiger partial charge >= 0.3 is 0 Å². The summed E-state index contributed by atoms with van der Waals surface area (Å²) in [6.07, 6.45) is -0.543. The van der Waals surface area contributed by atoms with Gasteiger partial charge in [-0.15, -0.1) is 4.40 Å². The second-order valence-corrected chi connectivity index (χ2v) is 5.69. The van der Waals surface area contributed by atoms with Gasteiger partial charge in [-0.05, 0) is 19.1 Å². The van der Waals surface area contributed by atoms with Crippen LogP contribution in [0.2, 0.25) is 0 Å². The van der Waals surface area contributed by atoms with Crippen molar-refractivity contribution in [2.24, 2.45) is 4.40 Å². The number of sulfonamides is 1. The third kappa shape index (κ3) is 2.18. The zero-order valence-electron chi connectivity index (χ0n) is 9.66. The monoisotopic (exact) mass is 254 g/mol. The Hall–Kier alpha value is -1.40. The lowest BCUT2D eigenvalue weighted by atomic mass is 10.2. The Labute approximate surface area is 100 Å². The fourth-order valence-corrected chi connectivity index (χ4v) is 3.10. The molecule has 1 aliphatic rings. The maximum absolute atomic E-state index is 11.8. The van der Waals surface area contributed by atoms with E-state index < -0.39 is 16.1 Å². The van der Waals surface area contributed by atoms with Crippen molar-refractivity contribution < 1.29 is 13.5 Å². The number of likely N-dealkylation sites (N-methyl/N-ethyl adjacent to an activating group) is 1. The molecule has 0 fully saturated rings. The number of amidine groups is 1. The topological polar surface area (TPSA) is 70.0 Å². The molecule has 0 spiro atoms. The molecule has 1 atom stereocenters. The van der Waals surface area contributed by atoms with Gasteiger partial charge in [0.2, 0.25) is 0 Å². The molecule has 1 unspecified atom stereocenters. The lowest BCUT2D eigenvalue weighted by Gasteiger charge is -2.20. The zero-order chi connectivity index (χ0) is 12.6. The molecule has 0 amide bonds. The number of hydrogen-bond acceptors (Lipinski definition) is 4. The average molecular weight is 254 g/mol. The van der Waals surface area contributed by atoms with Crippen LogP contribution >= 0.6 is 0 Å². The largest absolute Gasteiger partial charge is 0.392 e. The Bertz CT molecular complexity index is 564. The summed E-state index contributed by atoms with van der Waals surface area (Å²) in [6.45, 7) is 1.98. The van der Waals surface area contributed by atoms with Crippen LogP contribution in [0.3, 0.4) is 0 Å². The molecule has 0 saturated heterocycles. The van der Waals surface area contributed by atoms with Crippen LogP contribution in [0.4, 0.5) is 0 Å². The maximum Gasteiger partial charge on any atom is 0.285 e. The minimum atomic E-state index is -3.57. The molecule has 1 aromatic carbocycles. The summed E-state index contributed by atoms with van der Waals surface area (Å²) in [5, 5.41) is 9.32. The Morgan fingerprint density at radius 2 is 2.06 bits per heavy atom. The predicted molar refractivity (Wildman–Crippen MR) is 64.5 cm³/mol. The lowest BCUT2D eigenvalue weighted by Crippen LogP contribution is -2.32. The van der Waals surface area contributed by atoms with E-state index in [0.717, 1.165) is 0 Å². The molecule has 0 bridgehead atoms. The molecule has 1 aliphatic heterocycles. The number of fused-ring (bicyclic) bond motifs is 1.